The third-order valence-corrected chi connectivity index (χ3v) is 4.85. The molecule has 0 atom stereocenters. The van der Waals surface area contributed by atoms with Gasteiger partial charge in [0.25, 0.3) is 0 Å². The molecule has 0 fully saturated rings. The maximum atomic E-state index is 12.9. The molecule has 0 aromatic heterocycles. The van der Waals surface area contributed by atoms with E-state index in [1.807, 2.05) is 36.4 Å². The van der Waals surface area contributed by atoms with E-state index in [2.05, 4.69) is 26.5 Å². The number of nitrogens with one attached hydrogen (secondary N) is 1. The Morgan fingerprint density at radius 2 is 1.90 bits per heavy atom. The van der Waals surface area contributed by atoms with Crippen LogP contribution in [0.1, 0.15) is 16.7 Å². The molecule has 0 saturated heterocycles. The molecule has 3 aromatic carbocycles. The molecular formula is C22H17BrClFN2O2. The zero-order valence-electron chi connectivity index (χ0n) is 15.2. The van der Waals surface area contributed by atoms with Gasteiger partial charge in [0.1, 0.15) is 18.2 Å². The third kappa shape index (κ3) is 6.41. The lowest BCUT2D eigenvalue weighted by atomic mass is 10.1. The smallest absolute Gasteiger partial charge is 0.244 e. The average molecular weight is 476 g/mol. The van der Waals surface area contributed by atoms with E-state index in [1.54, 1.807) is 18.2 Å². The van der Waals surface area contributed by atoms with Gasteiger partial charge in [0, 0.05) is 20.6 Å². The fraction of sp³-hybridized carbons (Fsp3) is 0.0909. The van der Waals surface area contributed by atoms with Crippen LogP contribution in [0.2, 0.25) is 5.02 Å². The van der Waals surface area contributed by atoms with Crippen molar-refractivity contribution in [2.45, 2.75) is 13.0 Å². The summed E-state index contributed by atoms with van der Waals surface area (Å²) < 4.78 is 19.7. The number of nitrogens with zero attached hydrogens (tertiary/aromatic N) is 1. The predicted octanol–water partition coefficient (Wildman–Crippen LogP) is 5.51. The van der Waals surface area contributed by atoms with Crippen LogP contribution < -0.4 is 10.2 Å². The first-order valence-electron chi connectivity index (χ1n) is 8.73. The van der Waals surface area contributed by atoms with Gasteiger partial charge < -0.3 is 4.74 Å². The van der Waals surface area contributed by atoms with Gasteiger partial charge in [-0.15, -0.1) is 0 Å². The molecule has 0 aliphatic rings. The van der Waals surface area contributed by atoms with Crippen molar-refractivity contribution >= 4 is 39.7 Å². The van der Waals surface area contributed by atoms with Crippen molar-refractivity contribution in [3.63, 3.8) is 0 Å². The van der Waals surface area contributed by atoms with Crippen LogP contribution >= 0.6 is 27.5 Å². The molecule has 0 bridgehead atoms. The van der Waals surface area contributed by atoms with Crippen LogP contribution in [-0.2, 0) is 17.8 Å². The van der Waals surface area contributed by atoms with Crippen molar-refractivity contribution in [1.29, 1.82) is 0 Å². The largest absolute Gasteiger partial charge is 0.488 e. The van der Waals surface area contributed by atoms with Crippen molar-refractivity contribution in [1.82, 2.24) is 5.43 Å². The molecule has 0 heterocycles. The molecule has 7 heteroatoms. The summed E-state index contributed by atoms with van der Waals surface area (Å²) in [5, 5.41) is 4.64. The second-order valence-electron chi connectivity index (χ2n) is 6.16. The Kier molecular flexibility index (Phi) is 7.38. The summed E-state index contributed by atoms with van der Waals surface area (Å²) in [7, 11) is 0. The maximum absolute atomic E-state index is 12.9. The zero-order chi connectivity index (χ0) is 20.6. The molecule has 3 aromatic rings. The summed E-state index contributed by atoms with van der Waals surface area (Å²) in [6, 6.07) is 18.7. The van der Waals surface area contributed by atoms with Gasteiger partial charge in [-0.3, -0.25) is 4.79 Å². The number of carbonyl (C=O) groups is 1. The Bertz CT molecular complexity index is 1030. The van der Waals surface area contributed by atoms with E-state index >= 15 is 0 Å². The molecule has 0 aliphatic carbocycles. The summed E-state index contributed by atoms with van der Waals surface area (Å²) in [4.78, 5) is 12.0. The van der Waals surface area contributed by atoms with Crippen molar-refractivity contribution < 1.29 is 13.9 Å². The van der Waals surface area contributed by atoms with Gasteiger partial charge in [-0.25, -0.2) is 9.82 Å². The summed E-state index contributed by atoms with van der Waals surface area (Å²) >= 11 is 9.59. The molecule has 1 amide bonds. The van der Waals surface area contributed by atoms with Crippen molar-refractivity contribution in [3.8, 4) is 5.75 Å². The highest BCUT2D eigenvalue weighted by atomic mass is 79.9. The Balaban J connectivity index is 1.63. The van der Waals surface area contributed by atoms with Gasteiger partial charge in [0.05, 0.1) is 12.6 Å². The molecule has 29 heavy (non-hydrogen) atoms. The molecule has 148 valence electrons. The van der Waals surface area contributed by atoms with E-state index in [0.29, 0.717) is 28.5 Å². The summed E-state index contributed by atoms with van der Waals surface area (Å²) in [6.07, 6.45) is 1.61. The third-order valence-electron chi connectivity index (χ3n) is 3.98. The average Bonchev–Trinajstić information content (AvgIpc) is 2.70. The number of hydrogen-bond donors (Lipinski definition) is 1. The number of hydrazone groups is 1. The summed E-state index contributed by atoms with van der Waals surface area (Å²) in [6.45, 7) is 0.305. The van der Waals surface area contributed by atoms with Gasteiger partial charge >= 0.3 is 0 Å². The van der Waals surface area contributed by atoms with E-state index in [9.17, 15) is 9.18 Å². The van der Waals surface area contributed by atoms with Crippen LogP contribution in [0.25, 0.3) is 0 Å². The Hall–Kier alpha value is -2.70. The monoisotopic (exact) mass is 474 g/mol. The quantitative estimate of drug-likeness (QED) is 0.362. The minimum absolute atomic E-state index is 0.103. The summed E-state index contributed by atoms with van der Waals surface area (Å²) in [5.74, 6) is -0.0443. The van der Waals surface area contributed by atoms with Crippen LogP contribution in [0.15, 0.2) is 76.3 Å². The molecule has 1 N–H and O–H groups in total. The first-order valence-corrected chi connectivity index (χ1v) is 9.90. The molecule has 4 nitrogen and oxygen atoms in total. The van der Waals surface area contributed by atoms with Crippen LogP contribution in [0, 0.1) is 5.82 Å². The predicted molar refractivity (Wildman–Crippen MR) is 116 cm³/mol. The number of rotatable bonds is 7. The standard InChI is InChI=1S/C22H17BrClFN2O2/c23-18-7-10-21(29-14-16-3-1-2-4-20(16)24)17(12-18)13-26-27-22(28)11-15-5-8-19(25)9-6-15/h1-10,12-13H,11,14H2,(H,27,28)/b26-13+. The van der Waals surface area contributed by atoms with Gasteiger partial charge in [0.2, 0.25) is 5.91 Å². The fourth-order valence-electron chi connectivity index (χ4n) is 2.52. The van der Waals surface area contributed by atoms with E-state index in [0.717, 1.165) is 10.0 Å². The fourth-order valence-corrected chi connectivity index (χ4v) is 3.09. The van der Waals surface area contributed by atoms with Gasteiger partial charge in [-0.05, 0) is 42.0 Å². The molecule has 0 saturated carbocycles. The van der Waals surface area contributed by atoms with Crippen LogP contribution in [0.3, 0.4) is 0 Å². The molecule has 3 rings (SSSR count). The lowest BCUT2D eigenvalue weighted by Crippen LogP contribution is -2.19. The van der Waals surface area contributed by atoms with Gasteiger partial charge in [0.15, 0.2) is 0 Å². The Labute approximate surface area is 181 Å². The van der Waals surface area contributed by atoms with Crippen LogP contribution in [-0.4, -0.2) is 12.1 Å². The number of ether oxygens (including phenoxy) is 1. The Morgan fingerprint density at radius 3 is 2.66 bits per heavy atom. The zero-order valence-corrected chi connectivity index (χ0v) is 17.6. The SMILES string of the molecule is O=C(Cc1ccc(F)cc1)N/N=C/c1cc(Br)ccc1OCc1ccccc1Cl. The topological polar surface area (TPSA) is 50.7 Å². The molecule has 0 aliphatic heterocycles. The Morgan fingerprint density at radius 1 is 1.14 bits per heavy atom. The number of carbonyl (C=O) groups excluding carboxylic acids is 1. The number of amides is 1. The van der Waals surface area contributed by atoms with E-state index < -0.39 is 0 Å². The highest BCUT2D eigenvalue weighted by molar-refractivity contribution is 9.10. The minimum atomic E-state index is -0.342. The maximum Gasteiger partial charge on any atom is 0.244 e. The van der Waals surface area contributed by atoms with Gasteiger partial charge in [-0.1, -0.05) is 57.9 Å². The molecule has 0 radical (unpaired) electrons. The van der Waals surface area contributed by atoms with E-state index in [-0.39, 0.29) is 18.1 Å². The van der Waals surface area contributed by atoms with Crippen LogP contribution in [0.5, 0.6) is 5.75 Å². The number of halogens is 3. The van der Waals surface area contributed by atoms with Gasteiger partial charge in [-0.2, -0.15) is 5.10 Å². The molecule has 0 unspecified atom stereocenters. The highest BCUT2D eigenvalue weighted by Crippen LogP contribution is 2.24. The van der Waals surface area contributed by atoms with E-state index in [4.69, 9.17) is 16.3 Å². The highest BCUT2D eigenvalue weighted by Gasteiger charge is 2.06. The summed E-state index contributed by atoms with van der Waals surface area (Å²) in [5.41, 5.74) is 4.72. The lowest BCUT2D eigenvalue weighted by Gasteiger charge is -2.10. The number of hydrogen-bond acceptors (Lipinski definition) is 3. The molecular weight excluding hydrogens is 459 g/mol. The van der Waals surface area contributed by atoms with Crippen molar-refractivity contribution in [3.05, 3.63) is 98.7 Å². The van der Waals surface area contributed by atoms with E-state index in [1.165, 1.54) is 18.3 Å². The van der Waals surface area contributed by atoms with Crippen molar-refractivity contribution in [2.75, 3.05) is 0 Å². The lowest BCUT2D eigenvalue weighted by molar-refractivity contribution is -0.120. The second-order valence-corrected chi connectivity index (χ2v) is 7.48. The first kappa shape index (κ1) is 21.0. The second kappa shape index (κ2) is 10.2. The first-order chi connectivity index (χ1) is 14.0. The van der Waals surface area contributed by atoms with Crippen molar-refractivity contribution in [2.24, 2.45) is 5.10 Å². The number of benzene rings is 3. The molecule has 0 spiro atoms. The normalized spacial score (nSPS) is 10.9. The minimum Gasteiger partial charge on any atom is -0.488 e. The van der Waals surface area contributed by atoms with Crippen LogP contribution in [0.4, 0.5) is 4.39 Å².